The van der Waals surface area contributed by atoms with Gasteiger partial charge in [-0.3, -0.25) is 4.90 Å². The molecule has 1 N–H and O–H groups in total. The van der Waals surface area contributed by atoms with E-state index in [1.54, 1.807) is 0 Å². The molecule has 0 aromatic carbocycles. The van der Waals surface area contributed by atoms with Crippen molar-refractivity contribution in [3.05, 3.63) is 0 Å². The lowest BCUT2D eigenvalue weighted by Crippen LogP contribution is -2.48. The maximum Gasteiger partial charge on any atom is 0.389 e. The minimum Gasteiger partial charge on any atom is -0.379 e. The first-order valence-electron chi connectivity index (χ1n) is 7.95. The largest absolute Gasteiger partial charge is 0.389 e. The molecule has 3 nitrogen and oxygen atoms in total. The number of nitrogens with one attached hydrogen (secondary N) is 1. The molecule has 1 aliphatic rings. The van der Waals surface area contributed by atoms with Crippen LogP contribution in [0.5, 0.6) is 0 Å². The molecule has 1 fully saturated rings. The Hall–Kier alpha value is -0.750. The Morgan fingerprint density at radius 3 is 1.92 bits per heavy atom. The SMILES string of the molecule is FC(F)(F)CCC(F)(F)C(F)(F)CC(F)(F)CNCCN1CCOCC1. The van der Waals surface area contributed by atoms with E-state index >= 15 is 0 Å². The lowest BCUT2D eigenvalue weighted by Gasteiger charge is -2.30. The molecule has 26 heavy (non-hydrogen) atoms. The van der Waals surface area contributed by atoms with Crippen LogP contribution in [0.3, 0.4) is 0 Å². The van der Waals surface area contributed by atoms with Crippen molar-refractivity contribution in [3.63, 3.8) is 0 Å². The lowest BCUT2D eigenvalue weighted by atomic mass is 9.99. The third kappa shape index (κ3) is 8.30. The zero-order valence-corrected chi connectivity index (χ0v) is 13.8. The molecular weight excluding hydrogens is 383 g/mol. The molecule has 0 saturated carbocycles. The summed E-state index contributed by atoms with van der Waals surface area (Å²) in [6.07, 6.45) is -12.0. The van der Waals surface area contributed by atoms with Crippen LogP contribution in [0.15, 0.2) is 0 Å². The zero-order valence-electron chi connectivity index (χ0n) is 13.8. The minimum absolute atomic E-state index is 0.0195. The number of nitrogens with zero attached hydrogens (tertiary/aromatic N) is 1. The molecule has 1 heterocycles. The van der Waals surface area contributed by atoms with Crippen molar-refractivity contribution < 1.29 is 44.3 Å². The van der Waals surface area contributed by atoms with Crippen molar-refractivity contribution in [2.75, 3.05) is 45.9 Å². The molecule has 0 spiro atoms. The van der Waals surface area contributed by atoms with Crippen LogP contribution in [0.2, 0.25) is 0 Å². The van der Waals surface area contributed by atoms with Crippen molar-refractivity contribution in [1.29, 1.82) is 0 Å². The fourth-order valence-electron chi connectivity index (χ4n) is 2.33. The highest BCUT2D eigenvalue weighted by atomic mass is 19.4. The smallest absolute Gasteiger partial charge is 0.379 e. The second-order valence-electron chi connectivity index (χ2n) is 6.19. The molecule has 0 atom stereocenters. The summed E-state index contributed by atoms with van der Waals surface area (Å²) in [7, 11) is 0. The van der Waals surface area contributed by atoms with Crippen molar-refractivity contribution in [2.45, 2.75) is 43.2 Å². The predicted molar refractivity (Wildman–Crippen MR) is 74.9 cm³/mol. The number of rotatable bonds is 10. The van der Waals surface area contributed by atoms with Gasteiger partial charge in [0.1, 0.15) is 0 Å². The molecule has 1 saturated heterocycles. The summed E-state index contributed by atoms with van der Waals surface area (Å²) in [5, 5.41) is 2.21. The number of alkyl halides is 9. The molecule has 1 rings (SSSR count). The van der Waals surface area contributed by atoms with Gasteiger partial charge in [0.2, 0.25) is 0 Å². The quantitative estimate of drug-likeness (QED) is 0.445. The van der Waals surface area contributed by atoms with E-state index in [2.05, 4.69) is 5.32 Å². The second-order valence-corrected chi connectivity index (χ2v) is 6.19. The highest BCUT2D eigenvalue weighted by molar-refractivity contribution is 4.90. The molecule has 12 heteroatoms. The zero-order chi connectivity index (χ0) is 20.1. The third-order valence-electron chi connectivity index (χ3n) is 3.83. The van der Waals surface area contributed by atoms with E-state index in [0.717, 1.165) is 0 Å². The highest BCUT2D eigenvalue weighted by Gasteiger charge is 2.60. The average molecular weight is 404 g/mol. The van der Waals surface area contributed by atoms with E-state index < -0.39 is 49.8 Å². The lowest BCUT2D eigenvalue weighted by molar-refractivity contribution is -0.250. The molecule has 0 radical (unpaired) electrons. The van der Waals surface area contributed by atoms with E-state index in [4.69, 9.17) is 4.74 Å². The number of hydrogen-bond acceptors (Lipinski definition) is 3. The van der Waals surface area contributed by atoms with Gasteiger partial charge in [-0.25, -0.2) is 8.78 Å². The van der Waals surface area contributed by atoms with Crippen LogP contribution in [0.25, 0.3) is 0 Å². The van der Waals surface area contributed by atoms with Crippen LogP contribution in [0.1, 0.15) is 19.3 Å². The van der Waals surface area contributed by atoms with Gasteiger partial charge >= 0.3 is 18.0 Å². The van der Waals surface area contributed by atoms with E-state index in [-0.39, 0.29) is 6.54 Å². The Balaban J connectivity index is 2.43. The normalized spacial score (nSPS) is 18.3. The summed E-state index contributed by atoms with van der Waals surface area (Å²) in [6.45, 7) is 1.22. The fourth-order valence-corrected chi connectivity index (χ4v) is 2.33. The molecule has 0 aliphatic carbocycles. The topological polar surface area (TPSA) is 24.5 Å². The summed E-state index contributed by atoms with van der Waals surface area (Å²) in [5.41, 5.74) is 0. The molecule has 156 valence electrons. The highest BCUT2D eigenvalue weighted by Crippen LogP contribution is 2.45. The van der Waals surface area contributed by atoms with Crippen molar-refractivity contribution in [3.8, 4) is 0 Å². The van der Waals surface area contributed by atoms with Crippen molar-refractivity contribution in [2.24, 2.45) is 0 Å². The van der Waals surface area contributed by atoms with Crippen LogP contribution < -0.4 is 5.32 Å². The average Bonchev–Trinajstić information content (AvgIpc) is 2.49. The number of hydrogen-bond donors (Lipinski definition) is 1. The first kappa shape index (κ1) is 23.3. The number of morpholine rings is 1. The Labute approximate surface area is 144 Å². The van der Waals surface area contributed by atoms with Gasteiger partial charge in [-0.2, -0.15) is 30.7 Å². The second kappa shape index (κ2) is 8.96. The molecule has 0 aromatic heterocycles. The van der Waals surface area contributed by atoms with Crippen LogP contribution in [-0.2, 0) is 4.74 Å². The van der Waals surface area contributed by atoms with Gasteiger partial charge in [-0.1, -0.05) is 0 Å². The Morgan fingerprint density at radius 2 is 1.38 bits per heavy atom. The van der Waals surface area contributed by atoms with Gasteiger partial charge in [0.15, 0.2) is 0 Å². The van der Waals surface area contributed by atoms with E-state index in [9.17, 15) is 39.5 Å². The Morgan fingerprint density at radius 1 is 0.808 bits per heavy atom. The third-order valence-corrected chi connectivity index (χ3v) is 3.83. The van der Waals surface area contributed by atoms with Gasteiger partial charge in [0, 0.05) is 39.0 Å². The van der Waals surface area contributed by atoms with Crippen molar-refractivity contribution >= 4 is 0 Å². The van der Waals surface area contributed by atoms with Gasteiger partial charge in [-0.15, -0.1) is 0 Å². The standard InChI is InChI=1S/C14H21F9N2O/c15-11(16,10-24-3-4-25-5-7-26-8-6-25)9-13(19,20)12(17,18)1-2-14(21,22)23/h24H,1-10H2. The van der Waals surface area contributed by atoms with Gasteiger partial charge in [0.25, 0.3) is 5.92 Å². The van der Waals surface area contributed by atoms with Crippen molar-refractivity contribution in [1.82, 2.24) is 10.2 Å². The number of ether oxygens (including phenoxy) is 1. The monoisotopic (exact) mass is 404 g/mol. The maximum atomic E-state index is 13.6. The van der Waals surface area contributed by atoms with Crippen LogP contribution >= 0.6 is 0 Å². The van der Waals surface area contributed by atoms with Crippen LogP contribution in [-0.4, -0.2) is 74.8 Å². The van der Waals surface area contributed by atoms with Gasteiger partial charge < -0.3 is 10.1 Å². The molecule has 0 amide bonds. The van der Waals surface area contributed by atoms with E-state index in [0.29, 0.717) is 32.8 Å². The number of halogens is 9. The maximum absolute atomic E-state index is 13.6. The summed E-state index contributed by atoms with van der Waals surface area (Å²) < 4.78 is 121. The fraction of sp³-hybridized carbons (Fsp3) is 1.00. The van der Waals surface area contributed by atoms with Gasteiger partial charge in [0.05, 0.1) is 26.2 Å². The predicted octanol–water partition coefficient (Wildman–Crippen LogP) is 3.55. The Kier molecular flexibility index (Phi) is 8.03. The van der Waals surface area contributed by atoms with Crippen LogP contribution in [0, 0.1) is 0 Å². The summed E-state index contributed by atoms with van der Waals surface area (Å²) in [4.78, 5) is 1.88. The van der Waals surface area contributed by atoms with Crippen LogP contribution in [0.4, 0.5) is 39.5 Å². The summed E-state index contributed by atoms with van der Waals surface area (Å²) in [6, 6.07) is 0. The molecule has 0 unspecified atom stereocenters. The molecular formula is C14H21F9N2O. The molecule has 1 aliphatic heterocycles. The first-order valence-corrected chi connectivity index (χ1v) is 7.95. The Bertz CT molecular complexity index is 423. The summed E-state index contributed by atoms with van der Waals surface area (Å²) >= 11 is 0. The van der Waals surface area contributed by atoms with E-state index in [1.807, 2.05) is 4.90 Å². The molecule has 0 aromatic rings. The molecule has 0 bridgehead atoms. The first-order chi connectivity index (χ1) is 11.7. The summed E-state index contributed by atoms with van der Waals surface area (Å²) in [5.74, 6) is -14.6. The van der Waals surface area contributed by atoms with E-state index in [1.165, 1.54) is 0 Å². The minimum atomic E-state index is -5.26. The van der Waals surface area contributed by atoms with Gasteiger partial charge in [-0.05, 0) is 0 Å².